The van der Waals surface area contributed by atoms with Crippen LogP contribution in [0.25, 0.3) is 16.2 Å². The molecule has 0 saturated heterocycles. The number of carbonyl (C=O) groups excluding carboxylic acids is 1. The molecule has 6 heteroatoms. The summed E-state index contributed by atoms with van der Waals surface area (Å²) in [7, 11) is 0. The van der Waals surface area contributed by atoms with E-state index in [0.717, 1.165) is 45.0 Å². The number of thiazole rings is 1. The second-order valence-electron chi connectivity index (χ2n) is 6.62. The van der Waals surface area contributed by atoms with E-state index in [0.29, 0.717) is 6.42 Å². The number of aromatic nitrogens is 2. The minimum atomic E-state index is 0.136. The third-order valence-corrected chi connectivity index (χ3v) is 6.31. The Morgan fingerprint density at radius 1 is 1.19 bits per heavy atom. The number of fused-ring (bicyclic) bond motifs is 2. The molecule has 3 heterocycles. The van der Waals surface area contributed by atoms with Gasteiger partial charge in [-0.1, -0.05) is 46.3 Å². The lowest BCUT2D eigenvalue weighted by atomic mass is 10.2. The van der Waals surface area contributed by atoms with Gasteiger partial charge >= 0.3 is 0 Å². The molecule has 2 aromatic heterocycles. The van der Waals surface area contributed by atoms with Gasteiger partial charge in [0.15, 0.2) is 4.96 Å². The van der Waals surface area contributed by atoms with Gasteiger partial charge in [0.1, 0.15) is 0 Å². The van der Waals surface area contributed by atoms with Gasteiger partial charge in [0.05, 0.1) is 12.1 Å². The van der Waals surface area contributed by atoms with Crippen molar-refractivity contribution in [1.29, 1.82) is 0 Å². The number of rotatable bonds is 3. The first-order chi connectivity index (χ1) is 13.2. The van der Waals surface area contributed by atoms with E-state index in [4.69, 9.17) is 4.98 Å². The highest BCUT2D eigenvalue weighted by Gasteiger charge is 2.25. The van der Waals surface area contributed by atoms with Gasteiger partial charge in [0.2, 0.25) is 5.91 Å². The maximum absolute atomic E-state index is 12.9. The molecular weight excluding hydrogens is 422 g/mol. The monoisotopic (exact) mass is 437 g/mol. The molecule has 0 spiro atoms. The second-order valence-corrected chi connectivity index (χ2v) is 8.37. The minimum absolute atomic E-state index is 0.136. The van der Waals surface area contributed by atoms with Crippen LogP contribution in [0.4, 0.5) is 5.69 Å². The van der Waals surface area contributed by atoms with Gasteiger partial charge in [0, 0.05) is 39.5 Å². The van der Waals surface area contributed by atoms with Crippen molar-refractivity contribution in [2.45, 2.75) is 12.8 Å². The van der Waals surface area contributed by atoms with E-state index < -0.39 is 0 Å². The molecule has 2 aromatic carbocycles. The Balaban J connectivity index is 1.43. The molecule has 0 atom stereocenters. The number of halogens is 1. The summed E-state index contributed by atoms with van der Waals surface area (Å²) in [5.41, 5.74) is 5.27. The number of hydrogen-bond donors (Lipinski definition) is 0. The minimum Gasteiger partial charge on any atom is -0.311 e. The number of imidazole rings is 1. The maximum Gasteiger partial charge on any atom is 0.232 e. The fraction of sp³-hybridized carbons (Fsp3) is 0.143. The molecule has 0 aliphatic carbocycles. The molecule has 0 unspecified atom stereocenters. The Bertz CT molecular complexity index is 1160. The second kappa shape index (κ2) is 6.62. The van der Waals surface area contributed by atoms with Crippen molar-refractivity contribution >= 4 is 43.8 Å². The molecule has 1 aliphatic heterocycles. The maximum atomic E-state index is 12.9. The van der Waals surface area contributed by atoms with Crippen LogP contribution in [0.5, 0.6) is 0 Å². The summed E-state index contributed by atoms with van der Waals surface area (Å²) >= 11 is 5.08. The van der Waals surface area contributed by atoms with Crippen LogP contribution in [-0.2, 0) is 17.6 Å². The number of hydrogen-bond acceptors (Lipinski definition) is 3. The standard InChI is InChI=1S/C21H16BrN3OS/c22-16-6-3-5-15(10-16)18-12-25-17(13-27-21(25)23-18)11-20(26)24-9-8-14-4-1-2-7-19(14)24/h1-7,10,12-13H,8-9,11H2. The first-order valence-electron chi connectivity index (χ1n) is 8.79. The summed E-state index contributed by atoms with van der Waals surface area (Å²) < 4.78 is 3.07. The molecule has 4 nitrogen and oxygen atoms in total. The predicted molar refractivity (Wildman–Crippen MR) is 112 cm³/mol. The lowest BCUT2D eigenvalue weighted by Crippen LogP contribution is -2.30. The SMILES string of the molecule is O=C(Cc1csc2nc(-c3cccc(Br)c3)cn12)N1CCc2ccccc21. The van der Waals surface area contributed by atoms with Crippen LogP contribution in [0, 0.1) is 0 Å². The summed E-state index contributed by atoms with van der Waals surface area (Å²) in [6.45, 7) is 0.763. The van der Waals surface area contributed by atoms with Crippen LogP contribution in [0.3, 0.4) is 0 Å². The molecule has 0 radical (unpaired) electrons. The fourth-order valence-corrected chi connectivity index (χ4v) is 4.86. The van der Waals surface area contributed by atoms with E-state index in [1.54, 1.807) is 11.3 Å². The molecule has 0 saturated carbocycles. The zero-order chi connectivity index (χ0) is 18.4. The Labute approximate surface area is 169 Å². The Morgan fingerprint density at radius 2 is 2.07 bits per heavy atom. The van der Waals surface area contributed by atoms with Gasteiger partial charge in [-0.25, -0.2) is 4.98 Å². The Kier molecular flexibility index (Phi) is 4.10. The largest absolute Gasteiger partial charge is 0.311 e. The molecule has 1 aliphatic rings. The average molecular weight is 438 g/mol. The van der Waals surface area contributed by atoms with E-state index >= 15 is 0 Å². The van der Waals surface area contributed by atoms with Gasteiger partial charge in [-0.3, -0.25) is 9.20 Å². The van der Waals surface area contributed by atoms with Gasteiger partial charge in [-0.15, -0.1) is 11.3 Å². The molecule has 5 rings (SSSR count). The summed E-state index contributed by atoms with van der Waals surface area (Å²) in [4.78, 5) is 20.5. The zero-order valence-electron chi connectivity index (χ0n) is 14.4. The average Bonchev–Trinajstić information content (AvgIpc) is 3.36. The Hall–Kier alpha value is -2.44. The summed E-state index contributed by atoms with van der Waals surface area (Å²) in [6, 6.07) is 16.3. The molecule has 1 amide bonds. The summed E-state index contributed by atoms with van der Waals surface area (Å²) in [5.74, 6) is 0.136. The van der Waals surface area contributed by atoms with E-state index in [9.17, 15) is 4.79 Å². The van der Waals surface area contributed by atoms with Crippen LogP contribution in [0.15, 0.2) is 64.6 Å². The van der Waals surface area contributed by atoms with Gasteiger partial charge in [-0.2, -0.15) is 0 Å². The number of nitrogens with zero attached hydrogens (tertiary/aromatic N) is 3. The highest BCUT2D eigenvalue weighted by molar-refractivity contribution is 9.10. The highest BCUT2D eigenvalue weighted by Crippen LogP contribution is 2.29. The quantitative estimate of drug-likeness (QED) is 0.454. The van der Waals surface area contributed by atoms with Crippen molar-refractivity contribution in [2.75, 3.05) is 11.4 Å². The highest BCUT2D eigenvalue weighted by atomic mass is 79.9. The zero-order valence-corrected chi connectivity index (χ0v) is 16.8. The van der Waals surface area contributed by atoms with E-state index in [-0.39, 0.29) is 5.91 Å². The first kappa shape index (κ1) is 16.7. The third-order valence-electron chi connectivity index (χ3n) is 4.92. The van der Waals surface area contributed by atoms with Crippen molar-refractivity contribution in [3.63, 3.8) is 0 Å². The number of carbonyl (C=O) groups is 1. The third kappa shape index (κ3) is 2.99. The summed E-state index contributed by atoms with van der Waals surface area (Å²) in [5, 5.41) is 2.03. The van der Waals surface area contributed by atoms with Gasteiger partial charge in [-0.05, 0) is 30.2 Å². The van der Waals surface area contributed by atoms with Crippen molar-refractivity contribution in [3.05, 3.63) is 75.8 Å². The van der Waals surface area contributed by atoms with Crippen LogP contribution >= 0.6 is 27.3 Å². The normalized spacial score (nSPS) is 13.3. The van der Waals surface area contributed by atoms with Gasteiger partial charge < -0.3 is 4.90 Å². The molecule has 0 fully saturated rings. The molecule has 4 aromatic rings. The number of amides is 1. The van der Waals surface area contributed by atoms with Gasteiger partial charge in [0.25, 0.3) is 0 Å². The molecule has 27 heavy (non-hydrogen) atoms. The van der Waals surface area contributed by atoms with Crippen molar-refractivity contribution < 1.29 is 4.79 Å². The van der Waals surface area contributed by atoms with Crippen LogP contribution in [0.2, 0.25) is 0 Å². The topological polar surface area (TPSA) is 37.6 Å². The summed E-state index contributed by atoms with van der Waals surface area (Å²) in [6.07, 6.45) is 3.33. The predicted octanol–water partition coefficient (Wildman–Crippen LogP) is 4.96. The van der Waals surface area contributed by atoms with E-state index in [1.807, 2.05) is 57.3 Å². The first-order valence-corrected chi connectivity index (χ1v) is 10.5. The molecule has 0 N–H and O–H groups in total. The molecule has 0 bridgehead atoms. The van der Waals surface area contributed by atoms with Crippen LogP contribution in [0.1, 0.15) is 11.3 Å². The lowest BCUT2D eigenvalue weighted by Gasteiger charge is -2.17. The Morgan fingerprint density at radius 3 is 2.96 bits per heavy atom. The van der Waals surface area contributed by atoms with Crippen LogP contribution in [-0.4, -0.2) is 21.8 Å². The smallest absolute Gasteiger partial charge is 0.232 e. The van der Waals surface area contributed by atoms with Crippen molar-refractivity contribution in [1.82, 2.24) is 9.38 Å². The number of benzene rings is 2. The lowest BCUT2D eigenvalue weighted by molar-refractivity contribution is -0.117. The number of para-hydroxylation sites is 1. The molecule has 134 valence electrons. The van der Waals surface area contributed by atoms with Crippen LogP contribution < -0.4 is 4.90 Å². The van der Waals surface area contributed by atoms with E-state index in [1.165, 1.54) is 5.56 Å². The van der Waals surface area contributed by atoms with Crippen molar-refractivity contribution in [2.24, 2.45) is 0 Å². The van der Waals surface area contributed by atoms with Crippen molar-refractivity contribution in [3.8, 4) is 11.3 Å². The van der Waals surface area contributed by atoms with E-state index in [2.05, 4.69) is 28.1 Å². The fourth-order valence-electron chi connectivity index (χ4n) is 3.59. The number of anilines is 1. The molecular formula is C21H16BrN3OS.